The van der Waals surface area contributed by atoms with Gasteiger partial charge in [-0.05, 0) is 60.9 Å². The highest BCUT2D eigenvalue weighted by Gasteiger charge is 2.45. The van der Waals surface area contributed by atoms with E-state index in [2.05, 4.69) is 188 Å². The Morgan fingerprint density at radius 3 is 1.97 bits per heavy atom. The molecule has 0 saturated carbocycles. The highest BCUT2D eigenvalue weighted by atomic mass is 15.3. The molecule has 14 rings (SSSR count). The summed E-state index contributed by atoms with van der Waals surface area (Å²) in [5, 5.41) is 4.70. The molecule has 2 atom stereocenters. The lowest BCUT2D eigenvalue weighted by Crippen LogP contribution is -2.32. The van der Waals surface area contributed by atoms with Crippen molar-refractivity contribution in [2.24, 2.45) is 0 Å². The van der Waals surface area contributed by atoms with Gasteiger partial charge in [0.15, 0.2) is 11.5 Å². The van der Waals surface area contributed by atoms with Crippen molar-refractivity contribution in [1.29, 1.82) is 0 Å². The van der Waals surface area contributed by atoms with E-state index in [0.29, 0.717) is 22.9 Å². The third-order valence-electron chi connectivity index (χ3n) is 13.4. The van der Waals surface area contributed by atoms with Crippen LogP contribution in [0.15, 0.2) is 170 Å². The minimum atomic E-state index is -0.0243. The van der Waals surface area contributed by atoms with Crippen molar-refractivity contribution < 1.29 is 0 Å². The van der Waals surface area contributed by atoms with Gasteiger partial charge in [0.1, 0.15) is 5.52 Å². The molecule has 6 heterocycles. The Balaban J connectivity index is 0.940. The van der Waals surface area contributed by atoms with Gasteiger partial charge in [0.25, 0.3) is 0 Å². The number of hydrogen-bond acceptors (Lipinski definition) is 5. The molecule has 0 bridgehead atoms. The van der Waals surface area contributed by atoms with Crippen LogP contribution in [0.2, 0.25) is 0 Å². The van der Waals surface area contributed by atoms with E-state index < -0.39 is 0 Å². The Morgan fingerprint density at radius 1 is 0.532 bits per heavy atom. The lowest BCUT2D eigenvalue weighted by Gasteiger charge is -2.30. The molecule has 8 nitrogen and oxygen atoms in total. The normalized spacial score (nSPS) is 16.4. The summed E-state index contributed by atoms with van der Waals surface area (Å²) in [4.78, 5) is 23.0. The molecule has 2 aliphatic carbocycles. The van der Waals surface area contributed by atoms with Crippen LogP contribution < -0.4 is 4.90 Å². The second kappa shape index (κ2) is 12.7. The Labute approximate surface area is 356 Å². The Hall–Kier alpha value is -8.10. The fraction of sp³-hybridized carbons (Fsp3) is 0.0741. The van der Waals surface area contributed by atoms with Gasteiger partial charge in [-0.1, -0.05) is 127 Å². The predicted octanol–water partition coefficient (Wildman–Crippen LogP) is 12.0. The molecule has 0 radical (unpaired) electrons. The Bertz CT molecular complexity index is 3720. The maximum atomic E-state index is 5.31. The Kier molecular flexibility index (Phi) is 6.91. The van der Waals surface area contributed by atoms with Crippen LogP contribution in [0.4, 0.5) is 11.6 Å². The third-order valence-corrected chi connectivity index (χ3v) is 13.4. The van der Waals surface area contributed by atoms with Gasteiger partial charge in [0.05, 0.1) is 46.4 Å². The van der Waals surface area contributed by atoms with Crippen LogP contribution in [0.1, 0.15) is 40.4 Å². The lowest BCUT2D eigenvalue weighted by molar-refractivity contribution is 0.673. The molecule has 1 aliphatic heterocycles. The first-order valence-corrected chi connectivity index (χ1v) is 21.4. The molecule has 5 aromatic heterocycles. The van der Waals surface area contributed by atoms with E-state index in [9.17, 15) is 0 Å². The first-order valence-electron chi connectivity index (χ1n) is 21.4. The monoisotopic (exact) mass is 796 g/mol. The van der Waals surface area contributed by atoms with E-state index in [0.717, 1.165) is 57.1 Å². The van der Waals surface area contributed by atoms with Gasteiger partial charge < -0.3 is 14.0 Å². The molecule has 6 aromatic carbocycles. The average molecular weight is 797 g/mol. The van der Waals surface area contributed by atoms with Crippen molar-refractivity contribution in [2.45, 2.75) is 24.8 Å². The topological polar surface area (TPSA) is 69.6 Å². The Morgan fingerprint density at radius 2 is 1.19 bits per heavy atom. The largest absolute Gasteiger partial charge is 0.316 e. The number of nitrogens with zero attached hydrogens (tertiary/aromatic N) is 8. The number of aromatic nitrogens is 7. The van der Waals surface area contributed by atoms with Gasteiger partial charge in [-0.2, -0.15) is 4.98 Å². The van der Waals surface area contributed by atoms with E-state index in [1.54, 1.807) is 0 Å². The van der Waals surface area contributed by atoms with Crippen LogP contribution in [-0.2, 0) is 6.42 Å². The maximum absolute atomic E-state index is 5.31. The van der Waals surface area contributed by atoms with Crippen LogP contribution in [-0.4, -0.2) is 39.7 Å². The number of anilines is 2. The fourth-order valence-corrected chi connectivity index (χ4v) is 10.9. The molecular formula is C54H36N8. The van der Waals surface area contributed by atoms with E-state index >= 15 is 0 Å². The minimum Gasteiger partial charge on any atom is -0.316 e. The number of hydrogen-bond donors (Lipinski definition) is 0. The first kappa shape index (κ1) is 33.7. The van der Waals surface area contributed by atoms with Crippen molar-refractivity contribution >= 4 is 78.6 Å². The van der Waals surface area contributed by atoms with Gasteiger partial charge in [0, 0.05) is 61.1 Å². The summed E-state index contributed by atoms with van der Waals surface area (Å²) < 4.78 is 7.19. The summed E-state index contributed by atoms with van der Waals surface area (Å²) >= 11 is 0. The van der Waals surface area contributed by atoms with E-state index in [1.165, 1.54) is 44.5 Å². The average Bonchev–Trinajstić information content (AvgIpc) is 4.07. The first-order chi connectivity index (χ1) is 30.8. The summed E-state index contributed by atoms with van der Waals surface area (Å²) in [6, 6.07) is 52.0. The van der Waals surface area contributed by atoms with Crippen LogP contribution in [0.25, 0.3) is 84.1 Å². The van der Waals surface area contributed by atoms with Gasteiger partial charge in [0.2, 0.25) is 5.95 Å². The van der Waals surface area contributed by atoms with Crippen molar-refractivity contribution in [3.05, 3.63) is 198 Å². The van der Waals surface area contributed by atoms with Crippen LogP contribution in [0, 0.1) is 0 Å². The van der Waals surface area contributed by atoms with E-state index in [1.807, 2.05) is 12.4 Å². The van der Waals surface area contributed by atoms with Gasteiger partial charge in [-0.15, -0.1) is 0 Å². The summed E-state index contributed by atoms with van der Waals surface area (Å²) in [5.41, 5.74) is 15.6. The number of rotatable bonds is 4. The van der Waals surface area contributed by atoms with Gasteiger partial charge >= 0.3 is 0 Å². The van der Waals surface area contributed by atoms with Crippen LogP contribution in [0.5, 0.6) is 0 Å². The number of benzene rings is 6. The zero-order chi connectivity index (χ0) is 40.5. The lowest BCUT2D eigenvalue weighted by atomic mass is 9.84. The number of fused-ring (bicyclic) bond motifs is 15. The van der Waals surface area contributed by atoms with Crippen LogP contribution in [0.3, 0.4) is 0 Å². The van der Waals surface area contributed by atoms with E-state index in [-0.39, 0.29) is 12.0 Å². The number of allylic oxidation sites excluding steroid dienone is 1. The molecule has 0 amide bonds. The molecule has 11 aromatic rings. The van der Waals surface area contributed by atoms with Gasteiger partial charge in [-0.25, -0.2) is 15.0 Å². The minimum absolute atomic E-state index is 0.0243. The van der Waals surface area contributed by atoms with Crippen molar-refractivity contribution in [1.82, 2.24) is 33.6 Å². The predicted molar refractivity (Wildman–Crippen MR) is 250 cm³/mol. The molecule has 62 heavy (non-hydrogen) atoms. The second-order valence-electron chi connectivity index (χ2n) is 16.5. The van der Waals surface area contributed by atoms with Gasteiger partial charge in [-0.3, -0.25) is 4.57 Å². The molecule has 0 N–H and O–H groups in total. The zero-order valence-electron chi connectivity index (χ0n) is 33.5. The second-order valence-corrected chi connectivity index (χ2v) is 16.5. The highest BCUT2D eigenvalue weighted by Crippen LogP contribution is 2.53. The molecule has 8 heteroatoms. The molecular weight excluding hydrogens is 761 g/mol. The van der Waals surface area contributed by atoms with Crippen molar-refractivity contribution in [3.8, 4) is 17.2 Å². The summed E-state index contributed by atoms with van der Waals surface area (Å²) in [6.07, 6.45) is 15.1. The molecule has 0 saturated heterocycles. The standard InChI is InChI=1S/C54H36N8/c1-3-15-33(16-4-1)59-43-23-11-7-19-35(43)38-29-30-47-49(50(38)59)41-22-10-14-26-46(41)61(47)54-56-31-42-53(58-54)55-32-48(57-42)62-45-25-13-9-21-37(45)40-28-27-39-36-20-8-12-24-44(36)60(51(39)52(40)62)34-17-5-2-6-18-34/h1-10,12-22,24-32,47,49H,11,23H2. The molecule has 292 valence electrons. The molecule has 0 fully saturated rings. The van der Waals surface area contributed by atoms with Crippen molar-refractivity contribution in [2.75, 3.05) is 4.90 Å². The highest BCUT2D eigenvalue weighted by molar-refractivity contribution is 6.23. The fourth-order valence-electron chi connectivity index (χ4n) is 10.9. The maximum Gasteiger partial charge on any atom is 0.232 e. The quantitative estimate of drug-likeness (QED) is 0.177. The third kappa shape index (κ3) is 4.55. The molecule has 2 unspecified atom stereocenters. The number of para-hydroxylation sites is 5. The smallest absolute Gasteiger partial charge is 0.232 e. The SMILES string of the molecule is C1=Cc2c3c(n(-c4ccccc4)c2CC1)C1c2ccccc2N(c2ncc4nc(-n5c6ccccc6c6ccc7c8ccccc8n(-c8ccccc8)c7c65)cnc4n2)C1C=C3. The van der Waals surface area contributed by atoms with E-state index in [4.69, 9.17) is 19.9 Å². The molecule has 0 spiro atoms. The summed E-state index contributed by atoms with van der Waals surface area (Å²) in [7, 11) is 0. The summed E-state index contributed by atoms with van der Waals surface area (Å²) in [5.74, 6) is 1.41. The van der Waals surface area contributed by atoms with Crippen molar-refractivity contribution in [3.63, 3.8) is 0 Å². The zero-order valence-corrected chi connectivity index (χ0v) is 33.5. The molecule has 3 aliphatic rings. The van der Waals surface area contributed by atoms with Crippen LogP contribution >= 0.6 is 0 Å². The summed E-state index contributed by atoms with van der Waals surface area (Å²) in [6.45, 7) is 0.